The minimum Gasteiger partial charge on any atom is -0.488 e. The second kappa shape index (κ2) is 6.60. The Kier molecular flexibility index (Phi) is 4.15. The van der Waals surface area contributed by atoms with E-state index in [4.69, 9.17) is 16.3 Å². The van der Waals surface area contributed by atoms with Crippen molar-refractivity contribution in [2.75, 3.05) is 0 Å². The second-order valence-electron chi connectivity index (χ2n) is 6.39. The molecule has 0 unspecified atom stereocenters. The molecule has 5 rings (SSSR count). The highest BCUT2D eigenvalue weighted by Gasteiger charge is 2.42. The first kappa shape index (κ1) is 18.2. The van der Waals surface area contributed by atoms with Gasteiger partial charge in [0.15, 0.2) is 5.69 Å². The summed E-state index contributed by atoms with van der Waals surface area (Å²) in [6, 6.07) is 13.9. The fourth-order valence-corrected chi connectivity index (χ4v) is 4.20. The molecule has 0 bridgehead atoms. The van der Waals surface area contributed by atoms with Gasteiger partial charge in [-0.2, -0.15) is 18.3 Å². The fraction of sp³-hybridized carbons (Fsp3) is 0.100. The van der Waals surface area contributed by atoms with Crippen LogP contribution in [0, 0.1) is 0 Å². The van der Waals surface area contributed by atoms with Crippen LogP contribution in [0.15, 0.2) is 53.9 Å². The van der Waals surface area contributed by atoms with Crippen molar-refractivity contribution in [1.82, 2.24) is 14.8 Å². The Hall–Kier alpha value is -2.84. The first-order chi connectivity index (χ1) is 13.9. The number of aromatic nitrogens is 3. The highest BCUT2D eigenvalue weighted by molar-refractivity contribution is 7.12. The molecule has 0 fully saturated rings. The van der Waals surface area contributed by atoms with Crippen LogP contribution in [-0.2, 0) is 12.8 Å². The van der Waals surface area contributed by atoms with E-state index in [1.54, 1.807) is 53.9 Å². The first-order valence-electron chi connectivity index (χ1n) is 8.55. The number of benzene rings is 2. The molecule has 4 nitrogen and oxygen atoms in total. The van der Waals surface area contributed by atoms with Gasteiger partial charge in [0, 0.05) is 27.1 Å². The molecule has 0 radical (unpaired) electrons. The minimum absolute atomic E-state index is 0.0134. The van der Waals surface area contributed by atoms with Gasteiger partial charge in [-0.15, -0.1) is 11.3 Å². The Morgan fingerprint density at radius 2 is 1.83 bits per heavy atom. The summed E-state index contributed by atoms with van der Waals surface area (Å²) in [5.74, 6) is 0.513. The smallest absolute Gasteiger partial charge is 0.434 e. The van der Waals surface area contributed by atoms with Gasteiger partial charge in [0.1, 0.15) is 18.1 Å². The maximum atomic E-state index is 14.0. The average Bonchev–Trinajstić information content (AvgIpc) is 3.33. The molecule has 0 amide bonds. The summed E-state index contributed by atoms with van der Waals surface area (Å²) in [5.41, 5.74) is 1.27. The maximum absolute atomic E-state index is 14.0. The summed E-state index contributed by atoms with van der Waals surface area (Å²) in [5, 5.41) is 6.70. The van der Waals surface area contributed by atoms with E-state index in [0.29, 0.717) is 22.0 Å². The Morgan fingerprint density at radius 3 is 2.59 bits per heavy atom. The van der Waals surface area contributed by atoms with Gasteiger partial charge in [-0.3, -0.25) is 0 Å². The number of hydrogen-bond acceptors (Lipinski definition) is 4. The van der Waals surface area contributed by atoms with Gasteiger partial charge >= 0.3 is 6.18 Å². The van der Waals surface area contributed by atoms with Crippen molar-refractivity contribution < 1.29 is 17.9 Å². The Morgan fingerprint density at radius 1 is 1.07 bits per heavy atom. The van der Waals surface area contributed by atoms with Crippen LogP contribution < -0.4 is 4.74 Å². The van der Waals surface area contributed by atoms with E-state index in [0.717, 1.165) is 21.6 Å². The molecule has 1 aliphatic heterocycles. The molecule has 0 aliphatic carbocycles. The maximum Gasteiger partial charge on any atom is 0.434 e. The molecule has 9 heteroatoms. The van der Waals surface area contributed by atoms with Crippen LogP contribution in [0.4, 0.5) is 13.2 Å². The Bertz CT molecular complexity index is 1210. The number of hydrogen-bond donors (Lipinski definition) is 0. The first-order valence-corrected chi connectivity index (χ1v) is 9.81. The largest absolute Gasteiger partial charge is 0.488 e. The van der Waals surface area contributed by atoms with Crippen molar-refractivity contribution in [3.8, 4) is 33.4 Å². The fourth-order valence-electron chi connectivity index (χ4n) is 3.29. The molecule has 0 spiro atoms. The molecular formula is C20H11ClF3N3OS. The number of para-hydroxylation sites is 1. The Labute approximate surface area is 172 Å². The molecule has 2 aromatic carbocycles. The van der Waals surface area contributed by atoms with Crippen molar-refractivity contribution in [2.24, 2.45) is 0 Å². The standard InChI is InChI=1S/C20H11ClF3N3OS/c21-12-7-5-11(6-8-12)15-10-29-19(25-15)27-18(20(22,23)24)14-9-28-16-4-2-1-3-13(16)17(14)26-27/h1-8,10H,9H2. The number of thiazole rings is 1. The number of alkyl halides is 3. The zero-order valence-electron chi connectivity index (χ0n) is 14.6. The SMILES string of the molecule is FC(F)(F)c1c2c(nn1-c1nc(-c3ccc(Cl)cc3)cs1)-c1ccccc1OC2. The highest BCUT2D eigenvalue weighted by Crippen LogP contribution is 2.44. The van der Waals surface area contributed by atoms with E-state index in [2.05, 4.69) is 10.1 Å². The number of ether oxygens (including phenoxy) is 1. The lowest BCUT2D eigenvalue weighted by molar-refractivity contribution is -0.143. The van der Waals surface area contributed by atoms with Crippen LogP contribution in [-0.4, -0.2) is 14.8 Å². The molecule has 0 saturated carbocycles. The molecule has 0 N–H and O–H groups in total. The van der Waals surface area contributed by atoms with Gasteiger partial charge in [0.2, 0.25) is 5.13 Å². The van der Waals surface area contributed by atoms with Gasteiger partial charge in [0.05, 0.1) is 5.69 Å². The lowest BCUT2D eigenvalue weighted by Gasteiger charge is -2.17. The molecule has 4 aromatic rings. The monoisotopic (exact) mass is 433 g/mol. The zero-order valence-corrected chi connectivity index (χ0v) is 16.1. The number of fused-ring (bicyclic) bond motifs is 3. The molecular weight excluding hydrogens is 423 g/mol. The normalized spacial score (nSPS) is 13.0. The molecule has 0 atom stereocenters. The Balaban J connectivity index is 1.67. The third-order valence-corrected chi connectivity index (χ3v) is 5.65. The minimum atomic E-state index is -4.61. The lowest BCUT2D eigenvalue weighted by Crippen LogP contribution is -2.16. The van der Waals surface area contributed by atoms with Gasteiger partial charge in [-0.05, 0) is 24.3 Å². The number of rotatable bonds is 2. The summed E-state index contributed by atoms with van der Waals surface area (Å²) in [6.07, 6.45) is -4.61. The summed E-state index contributed by atoms with van der Waals surface area (Å²) in [7, 11) is 0. The summed E-state index contributed by atoms with van der Waals surface area (Å²) in [6.45, 7) is -0.198. The second-order valence-corrected chi connectivity index (χ2v) is 7.67. The third-order valence-electron chi connectivity index (χ3n) is 4.58. The van der Waals surface area contributed by atoms with Crippen LogP contribution in [0.5, 0.6) is 5.75 Å². The quantitative estimate of drug-likeness (QED) is 0.376. The van der Waals surface area contributed by atoms with Crippen molar-refractivity contribution >= 4 is 22.9 Å². The van der Waals surface area contributed by atoms with Crippen molar-refractivity contribution in [3.05, 3.63) is 70.2 Å². The summed E-state index contributed by atoms with van der Waals surface area (Å²) >= 11 is 6.99. The van der Waals surface area contributed by atoms with Gasteiger partial charge in [-0.25, -0.2) is 9.67 Å². The summed E-state index contributed by atoms with van der Waals surface area (Å²) < 4.78 is 48.3. The zero-order chi connectivity index (χ0) is 20.2. The number of nitrogens with zero attached hydrogens (tertiary/aromatic N) is 3. The molecule has 3 heterocycles. The predicted molar refractivity (Wildman–Crippen MR) is 104 cm³/mol. The van der Waals surface area contributed by atoms with Gasteiger partial charge in [0.25, 0.3) is 0 Å². The van der Waals surface area contributed by atoms with Crippen molar-refractivity contribution in [2.45, 2.75) is 12.8 Å². The molecule has 0 saturated heterocycles. The third kappa shape index (κ3) is 3.08. The molecule has 29 heavy (non-hydrogen) atoms. The van der Waals surface area contributed by atoms with E-state index in [9.17, 15) is 13.2 Å². The van der Waals surface area contributed by atoms with E-state index >= 15 is 0 Å². The highest BCUT2D eigenvalue weighted by atomic mass is 35.5. The van der Waals surface area contributed by atoms with Gasteiger partial charge in [-0.1, -0.05) is 35.9 Å². The lowest BCUT2D eigenvalue weighted by atomic mass is 10.0. The van der Waals surface area contributed by atoms with E-state index in [1.165, 1.54) is 0 Å². The van der Waals surface area contributed by atoms with E-state index in [1.807, 2.05) is 0 Å². The van der Waals surface area contributed by atoms with Crippen LogP contribution >= 0.6 is 22.9 Å². The predicted octanol–water partition coefficient (Wildman–Crippen LogP) is 6.23. The van der Waals surface area contributed by atoms with Crippen molar-refractivity contribution in [1.29, 1.82) is 0 Å². The number of halogens is 4. The summed E-state index contributed by atoms with van der Waals surface area (Å²) in [4.78, 5) is 4.39. The van der Waals surface area contributed by atoms with E-state index in [-0.39, 0.29) is 23.0 Å². The topological polar surface area (TPSA) is 39.9 Å². The van der Waals surface area contributed by atoms with Crippen LogP contribution in [0.2, 0.25) is 5.02 Å². The average molecular weight is 434 g/mol. The molecule has 2 aromatic heterocycles. The van der Waals surface area contributed by atoms with Crippen molar-refractivity contribution in [3.63, 3.8) is 0 Å². The molecule has 1 aliphatic rings. The van der Waals surface area contributed by atoms with Crippen LogP contribution in [0.3, 0.4) is 0 Å². The van der Waals surface area contributed by atoms with Gasteiger partial charge < -0.3 is 4.74 Å². The van der Waals surface area contributed by atoms with Crippen LogP contribution in [0.25, 0.3) is 27.6 Å². The van der Waals surface area contributed by atoms with E-state index < -0.39 is 11.9 Å². The van der Waals surface area contributed by atoms with Crippen LogP contribution in [0.1, 0.15) is 11.3 Å². The molecule has 146 valence electrons.